The third kappa shape index (κ3) is 0.874. The van der Waals surface area contributed by atoms with E-state index in [9.17, 15) is 9.90 Å². The summed E-state index contributed by atoms with van der Waals surface area (Å²) >= 11 is 0. The van der Waals surface area contributed by atoms with E-state index >= 15 is 0 Å². The molecule has 19 heavy (non-hydrogen) atoms. The van der Waals surface area contributed by atoms with Crippen molar-refractivity contribution in [3.8, 4) is 0 Å². The summed E-state index contributed by atoms with van der Waals surface area (Å²) in [6.07, 6.45) is 4.86. The quantitative estimate of drug-likeness (QED) is 0.673. The van der Waals surface area contributed by atoms with E-state index in [0.717, 1.165) is 31.3 Å². The largest absolute Gasteiger partial charge is 0.472 e. The zero-order valence-electron chi connectivity index (χ0n) is 11.0. The van der Waals surface area contributed by atoms with Gasteiger partial charge in [0.2, 0.25) is 0 Å². The molecule has 1 saturated heterocycles. The molecule has 0 aromatic carbocycles. The minimum Gasteiger partial charge on any atom is -0.472 e. The number of carbonyl (C=O) groups is 1. The Bertz CT molecular complexity index is 526. The van der Waals surface area contributed by atoms with Crippen molar-refractivity contribution in [2.45, 2.75) is 45.0 Å². The van der Waals surface area contributed by atoms with E-state index in [1.165, 1.54) is 0 Å². The first-order valence-corrected chi connectivity index (χ1v) is 7.33. The fourth-order valence-corrected chi connectivity index (χ4v) is 6.20. The molecule has 0 aromatic rings. The predicted octanol–water partition coefficient (Wildman–Crippen LogP) is 1.59. The van der Waals surface area contributed by atoms with Gasteiger partial charge in [-0.15, -0.1) is 0 Å². The Labute approximate surface area is 111 Å². The lowest BCUT2D eigenvalue weighted by Crippen LogP contribution is -2.48. The van der Waals surface area contributed by atoms with Gasteiger partial charge < -0.3 is 14.6 Å². The van der Waals surface area contributed by atoms with E-state index in [-0.39, 0.29) is 28.8 Å². The molecule has 0 unspecified atom stereocenters. The van der Waals surface area contributed by atoms with Crippen LogP contribution in [0.1, 0.15) is 32.6 Å². The highest BCUT2D eigenvalue weighted by Gasteiger charge is 2.76. The molecule has 3 aliphatic carbocycles. The maximum atomic E-state index is 12.5. The van der Waals surface area contributed by atoms with Crippen LogP contribution in [-0.4, -0.2) is 23.5 Å². The Morgan fingerprint density at radius 2 is 2.26 bits per heavy atom. The van der Waals surface area contributed by atoms with Crippen molar-refractivity contribution >= 4 is 5.97 Å². The fourth-order valence-electron chi connectivity index (χ4n) is 6.20. The van der Waals surface area contributed by atoms with E-state index < -0.39 is 6.29 Å². The monoisotopic (exact) mass is 262 g/mol. The first-order chi connectivity index (χ1) is 9.08. The molecule has 0 aromatic heterocycles. The van der Waals surface area contributed by atoms with E-state index in [2.05, 4.69) is 6.92 Å². The van der Waals surface area contributed by atoms with E-state index in [0.29, 0.717) is 11.8 Å². The highest BCUT2D eigenvalue weighted by atomic mass is 16.6. The lowest BCUT2D eigenvalue weighted by Gasteiger charge is -2.47. The number of hydrogen-bond donors (Lipinski definition) is 1. The average Bonchev–Trinajstić information content (AvgIpc) is 2.82. The van der Waals surface area contributed by atoms with Crippen LogP contribution in [-0.2, 0) is 14.3 Å². The molecule has 5 aliphatic rings. The van der Waals surface area contributed by atoms with Crippen LogP contribution in [0.15, 0.2) is 11.8 Å². The molecule has 1 N–H and O–H groups in total. The lowest BCUT2D eigenvalue weighted by atomic mass is 9.62. The van der Waals surface area contributed by atoms with Crippen molar-refractivity contribution in [2.24, 2.45) is 28.6 Å². The van der Waals surface area contributed by atoms with Crippen LogP contribution >= 0.6 is 0 Å². The predicted molar refractivity (Wildman–Crippen MR) is 64.5 cm³/mol. The van der Waals surface area contributed by atoms with Gasteiger partial charge in [0.25, 0.3) is 0 Å². The molecule has 3 saturated carbocycles. The maximum absolute atomic E-state index is 12.5. The van der Waals surface area contributed by atoms with Gasteiger partial charge >= 0.3 is 5.97 Å². The van der Waals surface area contributed by atoms with Crippen LogP contribution in [0.5, 0.6) is 0 Å². The molecule has 4 fully saturated rings. The fraction of sp³-hybridized carbons (Fsp3) is 0.800. The van der Waals surface area contributed by atoms with Gasteiger partial charge in [-0.1, -0.05) is 0 Å². The van der Waals surface area contributed by atoms with Crippen molar-refractivity contribution < 1.29 is 19.4 Å². The summed E-state index contributed by atoms with van der Waals surface area (Å²) in [4.78, 5) is 12.5. The van der Waals surface area contributed by atoms with Gasteiger partial charge in [-0.2, -0.15) is 0 Å². The summed E-state index contributed by atoms with van der Waals surface area (Å²) in [6.45, 7) is 2.10. The van der Waals surface area contributed by atoms with Crippen LogP contribution in [0.4, 0.5) is 0 Å². The highest BCUT2D eigenvalue weighted by molar-refractivity contribution is 5.81. The van der Waals surface area contributed by atoms with Crippen molar-refractivity contribution in [1.82, 2.24) is 0 Å². The van der Waals surface area contributed by atoms with Crippen LogP contribution < -0.4 is 0 Å². The molecule has 4 nitrogen and oxygen atoms in total. The van der Waals surface area contributed by atoms with E-state index in [1.807, 2.05) is 0 Å². The number of esters is 1. The van der Waals surface area contributed by atoms with Gasteiger partial charge in [0.05, 0.1) is 11.7 Å². The van der Waals surface area contributed by atoms with Gasteiger partial charge in [-0.3, -0.25) is 4.79 Å². The minimum absolute atomic E-state index is 0.0129. The zero-order chi connectivity index (χ0) is 13.0. The molecule has 3 bridgehead atoms. The van der Waals surface area contributed by atoms with Crippen LogP contribution in [0.2, 0.25) is 0 Å². The van der Waals surface area contributed by atoms with Crippen molar-refractivity contribution in [1.29, 1.82) is 0 Å². The van der Waals surface area contributed by atoms with Gasteiger partial charge in [0.15, 0.2) is 6.29 Å². The van der Waals surface area contributed by atoms with E-state index in [1.54, 1.807) is 6.26 Å². The van der Waals surface area contributed by atoms with Gasteiger partial charge in [0.1, 0.15) is 6.10 Å². The zero-order valence-corrected chi connectivity index (χ0v) is 11.0. The lowest BCUT2D eigenvalue weighted by molar-refractivity contribution is -0.175. The molecule has 5 rings (SSSR count). The Balaban J connectivity index is 1.81. The molecule has 1 spiro atoms. The van der Waals surface area contributed by atoms with Gasteiger partial charge in [-0.25, -0.2) is 0 Å². The summed E-state index contributed by atoms with van der Waals surface area (Å²) in [5, 5.41) is 10.2. The van der Waals surface area contributed by atoms with Gasteiger partial charge in [0, 0.05) is 16.9 Å². The smallest absolute Gasteiger partial charge is 0.312 e. The number of aliphatic hydroxyl groups is 1. The molecule has 7 atom stereocenters. The van der Waals surface area contributed by atoms with Crippen molar-refractivity contribution in [2.75, 3.05) is 0 Å². The number of ether oxygens (including phenoxy) is 2. The summed E-state index contributed by atoms with van der Waals surface area (Å²) in [5.41, 5.74) is 0.806. The Kier molecular flexibility index (Phi) is 1.61. The molecule has 102 valence electrons. The first-order valence-electron chi connectivity index (χ1n) is 7.33. The number of rotatable bonds is 0. The molecular weight excluding hydrogens is 244 g/mol. The molecular formula is C15H18O4. The van der Waals surface area contributed by atoms with Crippen LogP contribution in [0.25, 0.3) is 0 Å². The van der Waals surface area contributed by atoms with E-state index in [4.69, 9.17) is 9.47 Å². The summed E-state index contributed by atoms with van der Waals surface area (Å²) in [5.74, 6) is 0.897. The molecule has 4 heteroatoms. The standard InChI is InChI=1S/C15H18O4/c1-14-7-4-10(19-13(14)17)9-6-18-12(16)8-2-3-11(14)15(8,9)5-7/h6-8,10-12,16H,2-5H2,1H3/t7-,8+,10+,11+,12-,14-,15+/m1/s1. The molecule has 0 radical (unpaired) electrons. The topological polar surface area (TPSA) is 55.8 Å². The number of carbonyl (C=O) groups excluding carboxylic acids is 1. The third-order valence-corrected chi connectivity index (χ3v) is 6.96. The third-order valence-electron chi connectivity index (χ3n) is 6.96. The van der Waals surface area contributed by atoms with Crippen molar-refractivity contribution in [3.63, 3.8) is 0 Å². The average molecular weight is 262 g/mol. The molecule has 2 aliphatic heterocycles. The SMILES string of the molecule is C[C@@]12C(=O)O[C@H]3C[C@@H]1C[C@@]14C3=CO[C@@H](O)[C@@H]1CC[C@@H]24. The van der Waals surface area contributed by atoms with Crippen molar-refractivity contribution in [3.05, 3.63) is 11.8 Å². The number of fused-ring (bicyclic) bond motifs is 3. The molecule has 0 amide bonds. The van der Waals surface area contributed by atoms with Gasteiger partial charge in [-0.05, 0) is 44.4 Å². The normalized spacial score (nSPS) is 60.4. The minimum atomic E-state index is -0.705. The second-order valence-electron chi connectivity index (χ2n) is 7.19. The Hall–Kier alpha value is -1.03. The molecule has 2 heterocycles. The Morgan fingerprint density at radius 3 is 3.11 bits per heavy atom. The van der Waals surface area contributed by atoms with Crippen LogP contribution in [0.3, 0.4) is 0 Å². The maximum Gasteiger partial charge on any atom is 0.312 e. The highest BCUT2D eigenvalue weighted by Crippen LogP contribution is 2.76. The second kappa shape index (κ2) is 2.85. The number of aliphatic hydroxyl groups excluding tert-OH is 1. The Morgan fingerprint density at radius 1 is 1.42 bits per heavy atom. The summed E-state index contributed by atoms with van der Waals surface area (Å²) in [7, 11) is 0. The first kappa shape index (κ1) is 10.7. The summed E-state index contributed by atoms with van der Waals surface area (Å²) < 4.78 is 11.1. The number of hydrogen-bond acceptors (Lipinski definition) is 4. The second-order valence-corrected chi connectivity index (χ2v) is 7.19. The summed E-state index contributed by atoms with van der Waals surface area (Å²) in [6, 6.07) is 0. The van der Waals surface area contributed by atoms with Crippen LogP contribution in [0, 0.1) is 28.6 Å².